The Labute approximate surface area is 117 Å². The fraction of sp³-hybridized carbons (Fsp3) is 0.286. The van der Waals surface area contributed by atoms with Gasteiger partial charge in [0.1, 0.15) is 5.82 Å². The molecule has 20 heavy (non-hydrogen) atoms. The van der Waals surface area contributed by atoms with Crippen LogP contribution in [0.15, 0.2) is 36.5 Å². The molecule has 2 aromatic rings. The lowest BCUT2D eigenvalue weighted by molar-refractivity contribution is -0.116. The third-order valence-corrected chi connectivity index (χ3v) is 2.80. The molecule has 106 valence electrons. The Balaban J connectivity index is 2.05. The first-order valence-electron chi connectivity index (χ1n) is 6.39. The summed E-state index contributed by atoms with van der Waals surface area (Å²) in [5, 5.41) is 7.04. The molecule has 1 aromatic heterocycles. The highest BCUT2D eigenvalue weighted by atomic mass is 16.5. The van der Waals surface area contributed by atoms with Crippen molar-refractivity contribution in [3.63, 3.8) is 0 Å². The quantitative estimate of drug-likeness (QED) is 0.622. The molecule has 0 unspecified atom stereocenters. The summed E-state index contributed by atoms with van der Waals surface area (Å²) in [5.74, 6) is 0.580. The summed E-state index contributed by atoms with van der Waals surface area (Å²) in [6.07, 6.45) is 2.75. The molecule has 0 aliphatic rings. The Bertz CT molecular complexity index is 563. The number of benzene rings is 1. The third-order valence-electron chi connectivity index (χ3n) is 2.80. The van der Waals surface area contributed by atoms with Crippen LogP contribution in [-0.4, -0.2) is 29.4 Å². The van der Waals surface area contributed by atoms with Gasteiger partial charge in [-0.2, -0.15) is 5.10 Å². The van der Waals surface area contributed by atoms with Crippen LogP contribution in [-0.2, 0) is 9.53 Å². The molecule has 0 bridgehead atoms. The first-order chi connectivity index (χ1) is 9.70. The molecule has 1 aromatic carbocycles. The number of rotatable bonds is 6. The van der Waals surface area contributed by atoms with E-state index in [1.807, 2.05) is 12.1 Å². The number of amides is 1. The van der Waals surface area contributed by atoms with Crippen molar-refractivity contribution in [3.8, 4) is 5.69 Å². The SMILES string of the molecule is COCCCC(=O)Nc1ccnn1-c1ccc(N)cc1. The Morgan fingerprint density at radius 1 is 1.35 bits per heavy atom. The highest BCUT2D eigenvalue weighted by Crippen LogP contribution is 2.16. The summed E-state index contributed by atoms with van der Waals surface area (Å²) < 4.78 is 6.58. The molecular formula is C14H18N4O2. The summed E-state index contributed by atoms with van der Waals surface area (Å²) in [7, 11) is 1.62. The summed E-state index contributed by atoms with van der Waals surface area (Å²) in [6, 6.07) is 9.04. The number of nitrogens with zero attached hydrogens (tertiary/aromatic N) is 2. The van der Waals surface area contributed by atoms with E-state index in [0.29, 0.717) is 31.0 Å². The Hall–Kier alpha value is -2.34. The number of hydrogen-bond acceptors (Lipinski definition) is 4. The van der Waals surface area contributed by atoms with Crippen LogP contribution < -0.4 is 11.1 Å². The molecule has 0 saturated heterocycles. The zero-order valence-electron chi connectivity index (χ0n) is 11.4. The first kappa shape index (κ1) is 14.1. The van der Waals surface area contributed by atoms with E-state index < -0.39 is 0 Å². The molecular weight excluding hydrogens is 256 g/mol. The van der Waals surface area contributed by atoms with Crippen molar-refractivity contribution < 1.29 is 9.53 Å². The molecule has 0 saturated carbocycles. The minimum absolute atomic E-state index is 0.0563. The molecule has 0 atom stereocenters. The number of carbonyl (C=O) groups excluding carboxylic acids is 1. The lowest BCUT2D eigenvalue weighted by Crippen LogP contribution is -2.15. The molecule has 0 aliphatic heterocycles. The van der Waals surface area contributed by atoms with Crippen LogP contribution in [0.4, 0.5) is 11.5 Å². The normalized spacial score (nSPS) is 10.4. The highest BCUT2D eigenvalue weighted by Gasteiger charge is 2.08. The number of aromatic nitrogens is 2. The zero-order valence-corrected chi connectivity index (χ0v) is 11.4. The molecule has 3 N–H and O–H groups in total. The van der Waals surface area contributed by atoms with Crippen LogP contribution in [0, 0.1) is 0 Å². The molecule has 1 heterocycles. The minimum atomic E-state index is -0.0563. The van der Waals surface area contributed by atoms with Gasteiger partial charge in [0, 0.05) is 31.9 Å². The Morgan fingerprint density at radius 2 is 2.10 bits per heavy atom. The molecule has 0 spiro atoms. The van der Waals surface area contributed by atoms with Crippen molar-refractivity contribution in [2.75, 3.05) is 24.8 Å². The van der Waals surface area contributed by atoms with Crippen molar-refractivity contribution in [1.82, 2.24) is 9.78 Å². The second kappa shape index (κ2) is 6.72. The maximum atomic E-state index is 11.8. The maximum absolute atomic E-state index is 11.8. The number of carbonyl (C=O) groups is 1. The van der Waals surface area contributed by atoms with E-state index in [0.717, 1.165) is 5.69 Å². The molecule has 0 radical (unpaired) electrons. The van der Waals surface area contributed by atoms with Gasteiger partial charge in [-0.3, -0.25) is 4.79 Å². The lowest BCUT2D eigenvalue weighted by atomic mass is 10.3. The van der Waals surface area contributed by atoms with Gasteiger partial charge < -0.3 is 15.8 Å². The lowest BCUT2D eigenvalue weighted by Gasteiger charge is -2.09. The van der Waals surface area contributed by atoms with Gasteiger partial charge in [0.05, 0.1) is 11.9 Å². The zero-order chi connectivity index (χ0) is 14.4. The number of nitrogen functional groups attached to an aromatic ring is 1. The van der Waals surface area contributed by atoms with E-state index in [2.05, 4.69) is 10.4 Å². The number of ether oxygens (including phenoxy) is 1. The van der Waals surface area contributed by atoms with Gasteiger partial charge in [0.15, 0.2) is 0 Å². The van der Waals surface area contributed by atoms with Crippen LogP contribution >= 0.6 is 0 Å². The fourth-order valence-electron chi connectivity index (χ4n) is 1.80. The Morgan fingerprint density at radius 3 is 2.80 bits per heavy atom. The van der Waals surface area contributed by atoms with E-state index in [-0.39, 0.29) is 5.91 Å². The van der Waals surface area contributed by atoms with E-state index in [1.54, 1.807) is 36.2 Å². The topological polar surface area (TPSA) is 82.2 Å². The van der Waals surface area contributed by atoms with Crippen LogP contribution in [0.25, 0.3) is 5.69 Å². The summed E-state index contributed by atoms with van der Waals surface area (Å²) in [6.45, 7) is 0.574. The molecule has 0 fully saturated rings. The van der Waals surface area contributed by atoms with E-state index >= 15 is 0 Å². The van der Waals surface area contributed by atoms with Crippen molar-refractivity contribution in [2.24, 2.45) is 0 Å². The van der Waals surface area contributed by atoms with Gasteiger partial charge in [0.25, 0.3) is 0 Å². The fourth-order valence-corrected chi connectivity index (χ4v) is 1.80. The highest BCUT2D eigenvalue weighted by molar-refractivity contribution is 5.90. The smallest absolute Gasteiger partial charge is 0.225 e. The van der Waals surface area contributed by atoms with Crippen LogP contribution in [0.2, 0.25) is 0 Å². The standard InChI is InChI=1S/C14H18N4O2/c1-20-10-2-3-14(19)17-13-8-9-16-18(13)12-6-4-11(15)5-7-12/h4-9H,2-3,10,15H2,1H3,(H,17,19). The maximum Gasteiger partial charge on any atom is 0.225 e. The first-order valence-corrected chi connectivity index (χ1v) is 6.39. The van der Waals surface area contributed by atoms with Crippen molar-refractivity contribution in [3.05, 3.63) is 36.5 Å². The van der Waals surface area contributed by atoms with Crippen molar-refractivity contribution in [2.45, 2.75) is 12.8 Å². The van der Waals surface area contributed by atoms with E-state index in [9.17, 15) is 4.79 Å². The van der Waals surface area contributed by atoms with Gasteiger partial charge >= 0.3 is 0 Å². The molecule has 6 nitrogen and oxygen atoms in total. The predicted molar refractivity (Wildman–Crippen MR) is 77.7 cm³/mol. The summed E-state index contributed by atoms with van der Waals surface area (Å²) in [5.41, 5.74) is 7.19. The monoisotopic (exact) mass is 274 g/mol. The van der Waals surface area contributed by atoms with Crippen LogP contribution in [0.3, 0.4) is 0 Å². The van der Waals surface area contributed by atoms with Gasteiger partial charge in [-0.15, -0.1) is 0 Å². The summed E-state index contributed by atoms with van der Waals surface area (Å²) in [4.78, 5) is 11.8. The number of hydrogen-bond donors (Lipinski definition) is 2. The van der Waals surface area contributed by atoms with Gasteiger partial charge in [-0.25, -0.2) is 4.68 Å². The number of methoxy groups -OCH3 is 1. The largest absolute Gasteiger partial charge is 0.399 e. The predicted octanol–water partition coefficient (Wildman–Crippen LogP) is 1.82. The molecule has 0 aliphatic carbocycles. The van der Waals surface area contributed by atoms with Gasteiger partial charge in [-0.1, -0.05) is 0 Å². The number of nitrogens with one attached hydrogen (secondary N) is 1. The molecule has 6 heteroatoms. The van der Waals surface area contributed by atoms with Crippen LogP contribution in [0.1, 0.15) is 12.8 Å². The second-order valence-corrected chi connectivity index (χ2v) is 4.36. The second-order valence-electron chi connectivity index (χ2n) is 4.36. The number of nitrogens with two attached hydrogens (primary N) is 1. The number of anilines is 2. The minimum Gasteiger partial charge on any atom is -0.399 e. The molecule has 2 rings (SSSR count). The Kier molecular flexibility index (Phi) is 4.73. The van der Waals surface area contributed by atoms with Crippen molar-refractivity contribution in [1.29, 1.82) is 0 Å². The van der Waals surface area contributed by atoms with Gasteiger partial charge in [-0.05, 0) is 30.7 Å². The van der Waals surface area contributed by atoms with E-state index in [4.69, 9.17) is 10.5 Å². The average Bonchev–Trinajstić information content (AvgIpc) is 2.88. The van der Waals surface area contributed by atoms with Crippen molar-refractivity contribution >= 4 is 17.4 Å². The summed E-state index contributed by atoms with van der Waals surface area (Å²) >= 11 is 0. The van der Waals surface area contributed by atoms with E-state index in [1.165, 1.54) is 0 Å². The molecule has 1 amide bonds. The van der Waals surface area contributed by atoms with Gasteiger partial charge in [0.2, 0.25) is 5.91 Å². The third kappa shape index (κ3) is 3.58. The average molecular weight is 274 g/mol. The van der Waals surface area contributed by atoms with Crippen LogP contribution in [0.5, 0.6) is 0 Å².